The lowest BCUT2D eigenvalue weighted by Crippen LogP contribution is -2.22. The Morgan fingerprint density at radius 1 is 1.21 bits per heavy atom. The van der Waals surface area contributed by atoms with Crippen LogP contribution in [0.15, 0.2) is 36.7 Å². The molecule has 0 aliphatic carbocycles. The standard InChI is InChI=1S/C21H27N3O3Si/c1-15-9-18-10-16(11-19-12-17(21(25)26)5-6-22-19)13-23-20(18)24(15)14-27-7-8-28(2,3)4/h5-6,9-10,12-13H,7-8,11,14H2,1-4H3,(H,25,26). The second-order valence-electron chi connectivity index (χ2n) is 8.34. The molecule has 7 heteroatoms. The fourth-order valence-corrected chi connectivity index (χ4v) is 3.79. The van der Waals surface area contributed by atoms with Crippen molar-refractivity contribution in [2.45, 2.75) is 45.8 Å². The number of pyridine rings is 2. The van der Waals surface area contributed by atoms with Gasteiger partial charge in [-0.3, -0.25) is 4.98 Å². The number of aromatic carboxylic acids is 1. The molecule has 0 unspecified atom stereocenters. The molecule has 0 atom stereocenters. The van der Waals surface area contributed by atoms with Crippen LogP contribution in [0.4, 0.5) is 0 Å². The van der Waals surface area contributed by atoms with E-state index in [1.807, 2.05) is 6.20 Å². The second kappa shape index (κ2) is 8.24. The Morgan fingerprint density at radius 3 is 2.71 bits per heavy atom. The summed E-state index contributed by atoms with van der Waals surface area (Å²) in [5, 5.41) is 10.2. The Bertz CT molecular complexity index is 992. The van der Waals surface area contributed by atoms with E-state index in [0.717, 1.165) is 34.9 Å². The number of aryl methyl sites for hydroxylation is 1. The minimum Gasteiger partial charge on any atom is -0.478 e. The van der Waals surface area contributed by atoms with E-state index in [2.05, 4.69) is 53.2 Å². The van der Waals surface area contributed by atoms with Gasteiger partial charge in [0, 0.05) is 50.3 Å². The van der Waals surface area contributed by atoms with Gasteiger partial charge < -0.3 is 14.4 Å². The normalized spacial score (nSPS) is 11.9. The quantitative estimate of drug-likeness (QED) is 0.452. The molecule has 0 saturated carbocycles. The molecule has 28 heavy (non-hydrogen) atoms. The van der Waals surface area contributed by atoms with E-state index >= 15 is 0 Å². The fourth-order valence-electron chi connectivity index (χ4n) is 3.03. The predicted molar refractivity (Wildman–Crippen MR) is 113 cm³/mol. The lowest BCUT2D eigenvalue weighted by atomic mass is 10.1. The molecule has 0 aliphatic rings. The average molecular weight is 398 g/mol. The van der Waals surface area contributed by atoms with E-state index in [4.69, 9.17) is 9.84 Å². The highest BCUT2D eigenvalue weighted by atomic mass is 28.3. The van der Waals surface area contributed by atoms with Crippen molar-refractivity contribution in [3.63, 3.8) is 0 Å². The van der Waals surface area contributed by atoms with E-state index in [-0.39, 0.29) is 5.56 Å². The Labute approximate surface area is 166 Å². The van der Waals surface area contributed by atoms with Crippen LogP contribution in [-0.2, 0) is 17.9 Å². The van der Waals surface area contributed by atoms with Gasteiger partial charge in [-0.2, -0.15) is 0 Å². The third-order valence-electron chi connectivity index (χ3n) is 4.66. The number of hydrogen-bond acceptors (Lipinski definition) is 4. The molecule has 0 aromatic carbocycles. The van der Waals surface area contributed by atoms with Gasteiger partial charge in [-0.1, -0.05) is 19.6 Å². The highest BCUT2D eigenvalue weighted by molar-refractivity contribution is 6.76. The van der Waals surface area contributed by atoms with Crippen LogP contribution in [0, 0.1) is 6.92 Å². The van der Waals surface area contributed by atoms with Crippen LogP contribution >= 0.6 is 0 Å². The molecule has 1 N–H and O–H groups in total. The molecule has 3 heterocycles. The highest BCUT2D eigenvalue weighted by Crippen LogP contribution is 2.20. The summed E-state index contributed by atoms with van der Waals surface area (Å²) in [6.07, 6.45) is 3.90. The smallest absolute Gasteiger partial charge is 0.335 e. The summed E-state index contributed by atoms with van der Waals surface area (Å²) in [7, 11) is -1.09. The zero-order chi connectivity index (χ0) is 20.3. The summed E-state index contributed by atoms with van der Waals surface area (Å²) in [4.78, 5) is 20.0. The zero-order valence-corrected chi connectivity index (χ0v) is 17.9. The first-order valence-corrected chi connectivity index (χ1v) is 13.1. The van der Waals surface area contributed by atoms with Gasteiger partial charge in [0.05, 0.1) is 5.56 Å². The first-order valence-electron chi connectivity index (χ1n) is 9.44. The number of carbonyl (C=O) groups is 1. The number of carboxylic acid groups (broad SMARTS) is 1. The van der Waals surface area contributed by atoms with Crippen molar-refractivity contribution in [2.24, 2.45) is 0 Å². The molecule has 0 aliphatic heterocycles. The van der Waals surface area contributed by atoms with E-state index in [0.29, 0.717) is 18.8 Å². The van der Waals surface area contributed by atoms with E-state index < -0.39 is 14.0 Å². The summed E-state index contributed by atoms with van der Waals surface area (Å²) < 4.78 is 7.99. The molecule has 0 bridgehead atoms. The third-order valence-corrected chi connectivity index (χ3v) is 6.37. The lowest BCUT2D eigenvalue weighted by Gasteiger charge is -2.16. The van der Waals surface area contributed by atoms with Crippen LogP contribution in [-0.4, -0.2) is 40.3 Å². The molecular formula is C21H27N3O3Si. The third kappa shape index (κ3) is 5.05. The molecule has 0 radical (unpaired) electrons. The van der Waals surface area contributed by atoms with Crippen LogP contribution in [0.25, 0.3) is 11.0 Å². The average Bonchev–Trinajstić information content (AvgIpc) is 2.92. The van der Waals surface area contributed by atoms with Crippen LogP contribution in [0.3, 0.4) is 0 Å². The molecule has 3 rings (SSSR count). The molecule has 0 fully saturated rings. The van der Waals surface area contributed by atoms with Crippen molar-refractivity contribution in [1.29, 1.82) is 0 Å². The second-order valence-corrected chi connectivity index (χ2v) is 14.0. The van der Waals surface area contributed by atoms with Crippen molar-refractivity contribution in [3.05, 3.63) is 59.2 Å². The van der Waals surface area contributed by atoms with Crippen molar-refractivity contribution < 1.29 is 14.6 Å². The molecule has 6 nitrogen and oxygen atoms in total. The monoisotopic (exact) mass is 397 g/mol. The van der Waals surface area contributed by atoms with Gasteiger partial charge in [-0.15, -0.1) is 0 Å². The number of nitrogens with zero attached hydrogens (tertiary/aromatic N) is 3. The van der Waals surface area contributed by atoms with Crippen LogP contribution in [0.1, 0.15) is 27.3 Å². The van der Waals surface area contributed by atoms with E-state index in [9.17, 15) is 4.79 Å². The van der Waals surface area contributed by atoms with Gasteiger partial charge >= 0.3 is 5.97 Å². The Hall–Kier alpha value is -2.51. The molecule has 3 aromatic heterocycles. The highest BCUT2D eigenvalue weighted by Gasteiger charge is 2.13. The molecular weight excluding hydrogens is 370 g/mol. The largest absolute Gasteiger partial charge is 0.478 e. The van der Waals surface area contributed by atoms with E-state index in [1.54, 1.807) is 6.07 Å². The van der Waals surface area contributed by atoms with Crippen molar-refractivity contribution in [3.8, 4) is 0 Å². The maximum atomic E-state index is 11.1. The number of carboxylic acids is 1. The summed E-state index contributed by atoms with van der Waals surface area (Å²) in [6.45, 7) is 10.4. The van der Waals surface area contributed by atoms with Crippen LogP contribution in [0.5, 0.6) is 0 Å². The lowest BCUT2D eigenvalue weighted by molar-refractivity contribution is 0.0696. The van der Waals surface area contributed by atoms with Gasteiger partial charge in [0.2, 0.25) is 0 Å². The maximum Gasteiger partial charge on any atom is 0.335 e. The molecule has 148 valence electrons. The van der Waals surface area contributed by atoms with E-state index in [1.165, 1.54) is 12.3 Å². The summed E-state index contributed by atoms with van der Waals surface area (Å²) in [5.41, 5.74) is 3.97. The van der Waals surface area contributed by atoms with Crippen LogP contribution < -0.4 is 0 Å². The van der Waals surface area contributed by atoms with Gasteiger partial charge in [-0.25, -0.2) is 9.78 Å². The van der Waals surface area contributed by atoms with Crippen molar-refractivity contribution in [2.75, 3.05) is 6.61 Å². The number of aromatic nitrogens is 3. The van der Waals surface area contributed by atoms with Gasteiger partial charge in [0.1, 0.15) is 12.4 Å². The van der Waals surface area contributed by atoms with Gasteiger partial charge in [-0.05, 0) is 42.8 Å². The summed E-state index contributed by atoms with van der Waals surface area (Å²) >= 11 is 0. The summed E-state index contributed by atoms with van der Waals surface area (Å²) in [6, 6.07) is 8.44. The number of rotatable bonds is 8. The zero-order valence-electron chi connectivity index (χ0n) is 16.9. The fraction of sp³-hybridized carbons (Fsp3) is 0.381. The van der Waals surface area contributed by atoms with Gasteiger partial charge in [0.15, 0.2) is 0 Å². The maximum absolute atomic E-state index is 11.1. The Kier molecular flexibility index (Phi) is 5.95. The summed E-state index contributed by atoms with van der Waals surface area (Å²) in [5.74, 6) is -0.945. The SMILES string of the molecule is Cc1cc2cc(Cc3cc(C(=O)O)ccn3)cnc2n1COCC[Si](C)(C)C. The molecule has 3 aromatic rings. The first kappa shape index (κ1) is 20.2. The Morgan fingerprint density at radius 2 is 2.00 bits per heavy atom. The Balaban J connectivity index is 1.74. The van der Waals surface area contributed by atoms with Crippen molar-refractivity contribution >= 4 is 25.1 Å². The molecule has 0 amide bonds. The minimum absolute atomic E-state index is 0.247. The predicted octanol–water partition coefficient (Wildman–Crippen LogP) is 4.34. The molecule has 0 spiro atoms. The molecule has 0 saturated heterocycles. The number of ether oxygens (including phenoxy) is 1. The van der Waals surface area contributed by atoms with Crippen molar-refractivity contribution in [1.82, 2.24) is 14.5 Å². The van der Waals surface area contributed by atoms with Gasteiger partial charge in [0.25, 0.3) is 0 Å². The first-order chi connectivity index (χ1) is 13.2. The number of hydrogen-bond donors (Lipinski definition) is 1. The number of fused-ring (bicyclic) bond motifs is 1. The van der Waals surface area contributed by atoms with Crippen LogP contribution in [0.2, 0.25) is 25.7 Å². The topological polar surface area (TPSA) is 77.2 Å². The minimum atomic E-state index is -1.09.